The van der Waals surface area contributed by atoms with Gasteiger partial charge in [0.05, 0.1) is 18.2 Å². The normalized spacial score (nSPS) is 17.3. The number of rotatable bonds is 5. The van der Waals surface area contributed by atoms with E-state index in [1.54, 1.807) is 24.3 Å². The number of hydrogen-bond donors (Lipinski definition) is 1. The van der Waals surface area contributed by atoms with Crippen molar-refractivity contribution in [3.8, 4) is 23.0 Å². The second kappa shape index (κ2) is 7.75. The zero-order valence-corrected chi connectivity index (χ0v) is 17.5. The molecule has 8 heteroatoms. The molecule has 1 N–H and O–H groups in total. The molecular weight excluding hydrogens is 422 g/mol. The van der Waals surface area contributed by atoms with Crippen LogP contribution in [0.25, 0.3) is 22.6 Å². The molecule has 33 heavy (non-hydrogen) atoms. The number of carbonyl (C=O) groups excluding carboxylic acids is 2. The Bertz CT molecular complexity index is 1350. The molecule has 3 heterocycles. The number of oxazole rings is 1. The van der Waals surface area contributed by atoms with Gasteiger partial charge in [0.2, 0.25) is 18.6 Å². The molecule has 1 saturated heterocycles. The molecule has 1 atom stereocenters. The van der Waals surface area contributed by atoms with Gasteiger partial charge in [0.15, 0.2) is 17.1 Å². The van der Waals surface area contributed by atoms with Gasteiger partial charge in [-0.2, -0.15) is 0 Å². The summed E-state index contributed by atoms with van der Waals surface area (Å²) in [5, 5.41) is 3.19. The van der Waals surface area contributed by atoms with E-state index in [-0.39, 0.29) is 25.0 Å². The van der Waals surface area contributed by atoms with Crippen LogP contribution < -0.4 is 19.7 Å². The van der Waals surface area contributed by atoms with Gasteiger partial charge in [0.1, 0.15) is 5.52 Å². The Morgan fingerprint density at radius 2 is 1.79 bits per heavy atom. The number of fused-ring (bicyclic) bond motifs is 2. The summed E-state index contributed by atoms with van der Waals surface area (Å²) in [6, 6.07) is 19.6. The smallest absolute Gasteiger partial charge is 0.251 e. The molecule has 1 aromatic heterocycles. The van der Waals surface area contributed by atoms with Gasteiger partial charge in [-0.05, 0) is 54.1 Å². The van der Waals surface area contributed by atoms with Gasteiger partial charge in [-0.1, -0.05) is 18.2 Å². The zero-order valence-electron chi connectivity index (χ0n) is 17.5. The standard InChI is InChI=1S/C25H19N3O5/c29-23-12-19(26-13-15-5-10-21-22(11-15)32-14-31-21)25(30)28(23)17-8-6-16(7-9-17)24-27-18-3-1-2-4-20(18)33-24/h1-11,19,26H,12-14H2. The molecule has 0 spiro atoms. The summed E-state index contributed by atoms with van der Waals surface area (Å²) in [6.07, 6.45) is 0.107. The SMILES string of the molecule is O=C1CC(NCc2ccc3c(c2)OCO3)C(=O)N1c1ccc(-c2nc3ccccc3o2)cc1. The fourth-order valence-corrected chi connectivity index (χ4v) is 4.10. The first-order valence-corrected chi connectivity index (χ1v) is 10.6. The molecule has 2 aliphatic heterocycles. The highest BCUT2D eigenvalue weighted by atomic mass is 16.7. The fourth-order valence-electron chi connectivity index (χ4n) is 4.10. The highest BCUT2D eigenvalue weighted by molar-refractivity contribution is 6.22. The second-order valence-electron chi connectivity index (χ2n) is 7.93. The van der Waals surface area contributed by atoms with Crippen molar-refractivity contribution in [1.82, 2.24) is 10.3 Å². The Morgan fingerprint density at radius 1 is 0.970 bits per heavy atom. The molecule has 4 aromatic rings. The number of para-hydroxylation sites is 2. The van der Waals surface area contributed by atoms with E-state index >= 15 is 0 Å². The van der Waals surface area contributed by atoms with Crippen molar-refractivity contribution in [2.45, 2.75) is 19.0 Å². The summed E-state index contributed by atoms with van der Waals surface area (Å²) >= 11 is 0. The molecule has 0 aliphatic carbocycles. The highest BCUT2D eigenvalue weighted by Crippen LogP contribution is 2.33. The van der Waals surface area contributed by atoms with Crippen molar-refractivity contribution in [3.05, 3.63) is 72.3 Å². The lowest BCUT2D eigenvalue weighted by atomic mass is 10.1. The largest absolute Gasteiger partial charge is 0.454 e. The third-order valence-corrected chi connectivity index (χ3v) is 5.80. The molecule has 2 amide bonds. The number of anilines is 1. The van der Waals surface area contributed by atoms with E-state index in [1.165, 1.54) is 4.90 Å². The molecular formula is C25H19N3O5. The number of ether oxygens (including phenoxy) is 2. The quantitative estimate of drug-likeness (QED) is 0.473. The number of aromatic nitrogens is 1. The first-order valence-electron chi connectivity index (χ1n) is 10.6. The third kappa shape index (κ3) is 3.50. The summed E-state index contributed by atoms with van der Waals surface area (Å²) in [7, 11) is 0. The van der Waals surface area contributed by atoms with Crippen LogP contribution in [0.1, 0.15) is 12.0 Å². The van der Waals surface area contributed by atoms with Crippen LogP contribution in [0, 0.1) is 0 Å². The van der Waals surface area contributed by atoms with Crippen LogP contribution >= 0.6 is 0 Å². The predicted molar refractivity (Wildman–Crippen MR) is 120 cm³/mol. The lowest BCUT2D eigenvalue weighted by Gasteiger charge is -2.16. The molecule has 1 fully saturated rings. The number of nitrogens with one attached hydrogen (secondary N) is 1. The molecule has 6 rings (SSSR count). The van der Waals surface area contributed by atoms with E-state index in [0.29, 0.717) is 35.2 Å². The minimum Gasteiger partial charge on any atom is -0.454 e. The maximum absolute atomic E-state index is 13.0. The first-order chi connectivity index (χ1) is 16.2. The molecule has 8 nitrogen and oxygen atoms in total. The Labute approximate surface area is 188 Å². The van der Waals surface area contributed by atoms with Gasteiger partial charge >= 0.3 is 0 Å². The maximum atomic E-state index is 13.0. The van der Waals surface area contributed by atoms with Gasteiger partial charge in [-0.15, -0.1) is 0 Å². The molecule has 2 aliphatic rings. The minimum atomic E-state index is -0.584. The molecule has 0 bridgehead atoms. The Morgan fingerprint density at radius 3 is 2.64 bits per heavy atom. The summed E-state index contributed by atoms with van der Waals surface area (Å²) in [6.45, 7) is 0.646. The van der Waals surface area contributed by atoms with Crippen molar-refractivity contribution in [2.75, 3.05) is 11.7 Å². The summed E-state index contributed by atoms with van der Waals surface area (Å²) in [5.41, 5.74) is 3.72. The van der Waals surface area contributed by atoms with E-state index < -0.39 is 6.04 Å². The van der Waals surface area contributed by atoms with Gasteiger partial charge in [0.25, 0.3) is 5.91 Å². The van der Waals surface area contributed by atoms with Crippen molar-refractivity contribution >= 4 is 28.6 Å². The number of amides is 2. The topological polar surface area (TPSA) is 93.9 Å². The number of imide groups is 1. The van der Waals surface area contributed by atoms with Crippen LogP contribution in [0.4, 0.5) is 5.69 Å². The van der Waals surface area contributed by atoms with Crippen LogP contribution in [-0.2, 0) is 16.1 Å². The van der Waals surface area contributed by atoms with E-state index in [9.17, 15) is 9.59 Å². The van der Waals surface area contributed by atoms with Gasteiger partial charge < -0.3 is 19.2 Å². The Kier molecular flexibility index (Phi) is 4.58. The van der Waals surface area contributed by atoms with E-state index in [0.717, 1.165) is 16.6 Å². The van der Waals surface area contributed by atoms with Crippen LogP contribution in [-0.4, -0.2) is 29.6 Å². The van der Waals surface area contributed by atoms with Crippen molar-refractivity contribution in [1.29, 1.82) is 0 Å². The van der Waals surface area contributed by atoms with Crippen LogP contribution in [0.3, 0.4) is 0 Å². The number of hydrogen-bond acceptors (Lipinski definition) is 7. The minimum absolute atomic E-state index is 0.107. The molecule has 3 aromatic carbocycles. The lowest BCUT2D eigenvalue weighted by molar-refractivity contribution is -0.121. The fraction of sp³-hybridized carbons (Fsp3) is 0.160. The number of carbonyl (C=O) groups is 2. The van der Waals surface area contributed by atoms with E-state index in [1.807, 2.05) is 42.5 Å². The van der Waals surface area contributed by atoms with Gasteiger partial charge in [-0.3, -0.25) is 9.59 Å². The molecule has 1 unspecified atom stereocenters. The van der Waals surface area contributed by atoms with Crippen LogP contribution in [0.15, 0.2) is 71.1 Å². The Balaban J connectivity index is 1.16. The molecule has 0 radical (unpaired) electrons. The first kappa shape index (κ1) is 19.5. The maximum Gasteiger partial charge on any atom is 0.251 e. The second-order valence-corrected chi connectivity index (χ2v) is 7.93. The summed E-state index contributed by atoms with van der Waals surface area (Å²) in [5.74, 6) is 1.38. The monoisotopic (exact) mass is 441 g/mol. The molecule has 0 saturated carbocycles. The number of benzene rings is 3. The zero-order chi connectivity index (χ0) is 22.4. The average Bonchev–Trinajstić information content (AvgIpc) is 3.54. The van der Waals surface area contributed by atoms with E-state index in [2.05, 4.69) is 10.3 Å². The molecule has 164 valence electrons. The third-order valence-electron chi connectivity index (χ3n) is 5.80. The summed E-state index contributed by atoms with van der Waals surface area (Å²) in [4.78, 5) is 31.3. The Hall–Kier alpha value is -4.17. The van der Waals surface area contributed by atoms with Crippen LogP contribution in [0.5, 0.6) is 11.5 Å². The summed E-state index contributed by atoms with van der Waals surface area (Å²) < 4.78 is 16.5. The van der Waals surface area contributed by atoms with Crippen molar-refractivity contribution in [2.24, 2.45) is 0 Å². The van der Waals surface area contributed by atoms with Crippen molar-refractivity contribution < 1.29 is 23.5 Å². The van der Waals surface area contributed by atoms with E-state index in [4.69, 9.17) is 13.9 Å². The lowest BCUT2D eigenvalue weighted by Crippen LogP contribution is -2.38. The van der Waals surface area contributed by atoms with Gasteiger partial charge in [-0.25, -0.2) is 9.88 Å². The number of nitrogens with zero attached hydrogens (tertiary/aromatic N) is 2. The predicted octanol–water partition coefficient (Wildman–Crippen LogP) is 3.65. The average molecular weight is 441 g/mol. The van der Waals surface area contributed by atoms with Gasteiger partial charge in [0, 0.05) is 12.1 Å². The highest BCUT2D eigenvalue weighted by Gasteiger charge is 2.39. The van der Waals surface area contributed by atoms with Crippen LogP contribution in [0.2, 0.25) is 0 Å². The van der Waals surface area contributed by atoms with Crippen molar-refractivity contribution in [3.63, 3.8) is 0 Å².